The molecule has 0 spiro atoms. The van der Waals surface area contributed by atoms with Crippen LogP contribution in [0.15, 0.2) is 12.3 Å². The molecule has 14 heavy (non-hydrogen) atoms. The molecular formula is C10H15N3O. The van der Waals surface area contributed by atoms with Crippen molar-refractivity contribution in [1.29, 1.82) is 0 Å². The van der Waals surface area contributed by atoms with Crippen LogP contribution in [0.2, 0.25) is 0 Å². The zero-order valence-electron chi connectivity index (χ0n) is 8.29. The number of nitrogens with two attached hydrogens (primary N) is 1. The monoisotopic (exact) mass is 193 g/mol. The summed E-state index contributed by atoms with van der Waals surface area (Å²) in [7, 11) is 0. The van der Waals surface area contributed by atoms with Gasteiger partial charge in [0.15, 0.2) is 0 Å². The smallest absolute Gasteiger partial charge is 0.126 e. The highest BCUT2D eigenvalue weighted by atomic mass is 16.5. The minimum atomic E-state index is 0.140. The molecule has 0 aliphatic carbocycles. The standard InChI is InChI=1S/C10H15N3O/c1-7(11)3-12-10-2-8-5-14-6-9(8)4-13-10/h2,4,7H,3,5-6,11H2,1H3,(H,12,13). The van der Waals surface area contributed by atoms with E-state index in [1.165, 1.54) is 11.1 Å². The van der Waals surface area contributed by atoms with E-state index < -0.39 is 0 Å². The van der Waals surface area contributed by atoms with E-state index in [1.807, 2.05) is 19.2 Å². The molecule has 1 aromatic heterocycles. The molecular weight excluding hydrogens is 178 g/mol. The molecule has 2 rings (SSSR count). The predicted octanol–water partition coefficient (Wildman–Crippen LogP) is 0.871. The fourth-order valence-electron chi connectivity index (χ4n) is 1.42. The predicted molar refractivity (Wildman–Crippen MR) is 54.9 cm³/mol. The Kier molecular flexibility index (Phi) is 2.65. The molecule has 4 nitrogen and oxygen atoms in total. The second-order valence-corrected chi connectivity index (χ2v) is 3.69. The second-order valence-electron chi connectivity index (χ2n) is 3.69. The van der Waals surface area contributed by atoms with E-state index in [1.54, 1.807) is 0 Å². The fourth-order valence-corrected chi connectivity index (χ4v) is 1.42. The summed E-state index contributed by atoms with van der Waals surface area (Å²) >= 11 is 0. The lowest BCUT2D eigenvalue weighted by molar-refractivity contribution is 0.134. The molecule has 2 heterocycles. The molecule has 1 aromatic rings. The molecule has 0 bridgehead atoms. The fraction of sp³-hybridized carbons (Fsp3) is 0.500. The van der Waals surface area contributed by atoms with Crippen molar-refractivity contribution in [2.75, 3.05) is 11.9 Å². The SMILES string of the molecule is CC(N)CNc1cc2c(cn1)COC2. The van der Waals surface area contributed by atoms with Crippen molar-refractivity contribution in [2.24, 2.45) is 5.73 Å². The largest absolute Gasteiger partial charge is 0.372 e. The van der Waals surface area contributed by atoms with Gasteiger partial charge in [-0.1, -0.05) is 0 Å². The Morgan fingerprint density at radius 3 is 3.14 bits per heavy atom. The molecule has 1 aliphatic heterocycles. The van der Waals surface area contributed by atoms with Crippen molar-refractivity contribution in [3.63, 3.8) is 0 Å². The number of aromatic nitrogens is 1. The molecule has 1 aliphatic rings. The van der Waals surface area contributed by atoms with Gasteiger partial charge in [-0.15, -0.1) is 0 Å². The van der Waals surface area contributed by atoms with Gasteiger partial charge in [-0.2, -0.15) is 0 Å². The van der Waals surface area contributed by atoms with Crippen LogP contribution < -0.4 is 11.1 Å². The van der Waals surface area contributed by atoms with Gasteiger partial charge >= 0.3 is 0 Å². The maximum Gasteiger partial charge on any atom is 0.126 e. The van der Waals surface area contributed by atoms with Gasteiger partial charge < -0.3 is 15.8 Å². The highest BCUT2D eigenvalue weighted by molar-refractivity contribution is 5.41. The van der Waals surface area contributed by atoms with Crippen molar-refractivity contribution < 1.29 is 4.74 Å². The minimum absolute atomic E-state index is 0.140. The summed E-state index contributed by atoms with van der Waals surface area (Å²) in [5.41, 5.74) is 8.06. The maximum atomic E-state index is 5.64. The number of anilines is 1. The topological polar surface area (TPSA) is 60.2 Å². The average molecular weight is 193 g/mol. The summed E-state index contributed by atoms with van der Waals surface area (Å²) in [4.78, 5) is 4.28. The van der Waals surface area contributed by atoms with Crippen LogP contribution in [0.5, 0.6) is 0 Å². The maximum absolute atomic E-state index is 5.64. The summed E-state index contributed by atoms with van der Waals surface area (Å²) in [5, 5.41) is 3.18. The van der Waals surface area contributed by atoms with E-state index in [9.17, 15) is 0 Å². The molecule has 76 valence electrons. The van der Waals surface area contributed by atoms with Crippen LogP contribution in [-0.4, -0.2) is 17.6 Å². The zero-order chi connectivity index (χ0) is 9.97. The van der Waals surface area contributed by atoms with E-state index in [0.717, 1.165) is 12.4 Å². The summed E-state index contributed by atoms with van der Waals surface area (Å²) in [6, 6.07) is 2.17. The van der Waals surface area contributed by atoms with Crippen molar-refractivity contribution in [3.8, 4) is 0 Å². The number of nitrogens with one attached hydrogen (secondary N) is 1. The van der Waals surface area contributed by atoms with Crippen LogP contribution >= 0.6 is 0 Å². The van der Waals surface area contributed by atoms with Crippen LogP contribution in [0.25, 0.3) is 0 Å². The third kappa shape index (κ3) is 2.02. The third-order valence-corrected chi connectivity index (χ3v) is 2.20. The quantitative estimate of drug-likeness (QED) is 0.747. The Morgan fingerprint density at radius 2 is 2.36 bits per heavy atom. The summed E-state index contributed by atoms with van der Waals surface area (Å²) in [6.07, 6.45) is 1.87. The Bertz CT molecular complexity index is 325. The lowest BCUT2D eigenvalue weighted by atomic mass is 10.2. The normalized spacial score (nSPS) is 16.4. The van der Waals surface area contributed by atoms with Crippen LogP contribution in [0.4, 0.5) is 5.82 Å². The Morgan fingerprint density at radius 1 is 1.57 bits per heavy atom. The van der Waals surface area contributed by atoms with Crippen molar-refractivity contribution in [3.05, 3.63) is 23.4 Å². The third-order valence-electron chi connectivity index (χ3n) is 2.20. The summed E-state index contributed by atoms with van der Waals surface area (Å²) in [6.45, 7) is 4.09. The number of rotatable bonds is 3. The first-order chi connectivity index (χ1) is 6.75. The van der Waals surface area contributed by atoms with E-state index in [0.29, 0.717) is 13.2 Å². The Labute approximate surface area is 83.5 Å². The molecule has 0 aromatic carbocycles. The number of hydrogen-bond donors (Lipinski definition) is 2. The first-order valence-corrected chi connectivity index (χ1v) is 4.80. The molecule has 0 saturated carbocycles. The van der Waals surface area contributed by atoms with Crippen molar-refractivity contribution in [1.82, 2.24) is 4.98 Å². The zero-order valence-corrected chi connectivity index (χ0v) is 8.29. The van der Waals surface area contributed by atoms with Crippen molar-refractivity contribution >= 4 is 5.82 Å². The van der Waals surface area contributed by atoms with Crippen LogP contribution in [-0.2, 0) is 18.0 Å². The molecule has 0 radical (unpaired) electrons. The highest BCUT2D eigenvalue weighted by Crippen LogP contribution is 2.20. The van der Waals surface area contributed by atoms with Gasteiger partial charge in [0.05, 0.1) is 13.2 Å². The van der Waals surface area contributed by atoms with Crippen LogP contribution in [0.3, 0.4) is 0 Å². The number of fused-ring (bicyclic) bond motifs is 1. The first kappa shape index (κ1) is 9.43. The van der Waals surface area contributed by atoms with Gasteiger partial charge in [0.2, 0.25) is 0 Å². The van der Waals surface area contributed by atoms with Crippen molar-refractivity contribution in [2.45, 2.75) is 26.2 Å². The molecule has 0 fully saturated rings. The number of ether oxygens (including phenoxy) is 1. The molecule has 1 unspecified atom stereocenters. The minimum Gasteiger partial charge on any atom is -0.372 e. The number of nitrogens with zero attached hydrogens (tertiary/aromatic N) is 1. The average Bonchev–Trinajstić information content (AvgIpc) is 2.61. The lowest BCUT2D eigenvalue weighted by Crippen LogP contribution is -2.25. The van der Waals surface area contributed by atoms with Crippen LogP contribution in [0, 0.1) is 0 Å². The van der Waals surface area contributed by atoms with E-state index >= 15 is 0 Å². The van der Waals surface area contributed by atoms with E-state index in [2.05, 4.69) is 10.3 Å². The van der Waals surface area contributed by atoms with E-state index in [4.69, 9.17) is 10.5 Å². The Balaban J connectivity index is 2.05. The first-order valence-electron chi connectivity index (χ1n) is 4.80. The molecule has 4 heteroatoms. The van der Waals surface area contributed by atoms with Gasteiger partial charge in [0, 0.05) is 24.3 Å². The highest BCUT2D eigenvalue weighted by Gasteiger charge is 2.11. The van der Waals surface area contributed by atoms with Gasteiger partial charge in [-0.05, 0) is 18.6 Å². The van der Waals surface area contributed by atoms with E-state index in [-0.39, 0.29) is 6.04 Å². The molecule has 3 N–H and O–H groups in total. The van der Waals surface area contributed by atoms with Gasteiger partial charge in [-0.25, -0.2) is 4.98 Å². The molecule has 0 amide bonds. The van der Waals surface area contributed by atoms with Gasteiger partial charge in [0.25, 0.3) is 0 Å². The summed E-state index contributed by atoms with van der Waals surface area (Å²) < 4.78 is 5.30. The molecule has 1 atom stereocenters. The van der Waals surface area contributed by atoms with Gasteiger partial charge in [0.1, 0.15) is 5.82 Å². The summed E-state index contributed by atoms with van der Waals surface area (Å²) in [5.74, 6) is 0.881. The van der Waals surface area contributed by atoms with Crippen LogP contribution in [0.1, 0.15) is 18.1 Å². The molecule has 0 saturated heterocycles. The van der Waals surface area contributed by atoms with Gasteiger partial charge in [-0.3, -0.25) is 0 Å². The lowest BCUT2D eigenvalue weighted by Gasteiger charge is -2.08. The second kappa shape index (κ2) is 3.94. The number of hydrogen-bond acceptors (Lipinski definition) is 4. The number of pyridine rings is 1. The Hall–Kier alpha value is -1.13.